The van der Waals surface area contributed by atoms with E-state index in [0.29, 0.717) is 17.5 Å². The average molecular weight is 282 g/mol. The zero-order chi connectivity index (χ0) is 14.8. The van der Waals surface area contributed by atoms with Gasteiger partial charge in [-0.1, -0.05) is 36.4 Å². The Hall–Kier alpha value is -2.62. The maximum Gasteiger partial charge on any atom is 0.339 e. The summed E-state index contributed by atoms with van der Waals surface area (Å²) < 4.78 is 10.2. The number of cyclic esters (lactones) is 1. The highest BCUT2D eigenvalue weighted by molar-refractivity contribution is 5.94. The van der Waals surface area contributed by atoms with E-state index in [0.717, 1.165) is 11.1 Å². The smallest absolute Gasteiger partial charge is 0.339 e. The van der Waals surface area contributed by atoms with Crippen LogP contribution in [0.15, 0.2) is 48.5 Å². The van der Waals surface area contributed by atoms with E-state index in [1.807, 2.05) is 30.3 Å². The number of rotatable bonds is 3. The molecule has 0 saturated heterocycles. The Labute approximate surface area is 122 Å². The highest BCUT2D eigenvalue weighted by Gasteiger charge is 2.31. The van der Waals surface area contributed by atoms with E-state index in [1.165, 1.54) is 7.11 Å². The van der Waals surface area contributed by atoms with Crippen LogP contribution in [0, 0.1) is 0 Å². The van der Waals surface area contributed by atoms with E-state index >= 15 is 0 Å². The molecule has 1 atom stereocenters. The van der Waals surface area contributed by atoms with Gasteiger partial charge in [-0.15, -0.1) is 0 Å². The summed E-state index contributed by atoms with van der Waals surface area (Å²) in [6.45, 7) is 0. The molecule has 4 heteroatoms. The number of ether oxygens (including phenoxy) is 2. The van der Waals surface area contributed by atoms with Gasteiger partial charge >= 0.3 is 11.9 Å². The van der Waals surface area contributed by atoms with Crippen molar-refractivity contribution in [2.24, 2.45) is 0 Å². The van der Waals surface area contributed by atoms with E-state index in [4.69, 9.17) is 9.47 Å². The second-order valence-corrected chi connectivity index (χ2v) is 4.83. The fraction of sp³-hybridized carbons (Fsp3) is 0.176. The van der Waals surface area contributed by atoms with E-state index in [-0.39, 0.29) is 18.0 Å². The molecule has 0 amide bonds. The minimum Gasteiger partial charge on any atom is -0.465 e. The van der Waals surface area contributed by atoms with Crippen molar-refractivity contribution in [2.75, 3.05) is 7.11 Å². The molecule has 1 unspecified atom stereocenters. The lowest BCUT2D eigenvalue weighted by Crippen LogP contribution is -2.09. The van der Waals surface area contributed by atoms with Crippen LogP contribution in [-0.4, -0.2) is 19.0 Å². The summed E-state index contributed by atoms with van der Waals surface area (Å²) in [6, 6.07) is 14.5. The van der Waals surface area contributed by atoms with Crippen LogP contribution in [0.4, 0.5) is 0 Å². The van der Waals surface area contributed by atoms with Crippen molar-refractivity contribution in [3.63, 3.8) is 0 Å². The normalized spacial score (nSPS) is 16.2. The van der Waals surface area contributed by atoms with Crippen LogP contribution in [0.5, 0.6) is 0 Å². The van der Waals surface area contributed by atoms with E-state index in [2.05, 4.69) is 0 Å². The van der Waals surface area contributed by atoms with Crippen molar-refractivity contribution in [1.82, 2.24) is 0 Å². The number of fused-ring (bicyclic) bond motifs is 1. The third-order valence-electron chi connectivity index (χ3n) is 3.60. The zero-order valence-electron chi connectivity index (χ0n) is 11.5. The van der Waals surface area contributed by atoms with E-state index in [1.54, 1.807) is 18.2 Å². The monoisotopic (exact) mass is 282 g/mol. The zero-order valence-corrected chi connectivity index (χ0v) is 11.5. The Morgan fingerprint density at radius 3 is 2.67 bits per heavy atom. The number of carbonyl (C=O) groups is 2. The fourth-order valence-electron chi connectivity index (χ4n) is 2.58. The third-order valence-corrected chi connectivity index (χ3v) is 3.60. The van der Waals surface area contributed by atoms with Gasteiger partial charge in [0.25, 0.3) is 0 Å². The van der Waals surface area contributed by atoms with Gasteiger partial charge in [-0.25, -0.2) is 9.59 Å². The molecular weight excluding hydrogens is 268 g/mol. The summed E-state index contributed by atoms with van der Waals surface area (Å²) in [7, 11) is 1.35. The van der Waals surface area contributed by atoms with Crippen LogP contribution < -0.4 is 0 Å². The van der Waals surface area contributed by atoms with Gasteiger partial charge in [0.1, 0.15) is 6.10 Å². The quantitative estimate of drug-likeness (QED) is 0.812. The predicted molar refractivity (Wildman–Crippen MR) is 76.1 cm³/mol. The molecule has 1 aliphatic heterocycles. The molecule has 4 nitrogen and oxygen atoms in total. The minimum absolute atomic E-state index is 0.314. The molecule has 0 saturated carbocycles. The van der Waals surface area contributed by atoms with Gasteiger partial charge in [0, 0.05) is 12.0 Å². The predicted octanol–water partition coefficient (Wildman–Crippen LogP) is 2.93. The maximum atomic E-state index is 11.8. The molecular formula is C17H14O4. The summed E-state index contributed by atoms with van der Waals surface area (Å²) >= 11 is 0. The summed E-state index contributed by atoms with van der Waals surface area (Å²) in [5, 5.41) is 0. The van der Waals surface area contributed by atoms with Gasteiger partial charge in [0.15, 0.2) is 0 Å². The Kier molecular flexibility index (Phi) is 3.44. The molecule has 1 heterocycles. The van der Waals surface area contributed by atoms with Gasteiger partial charge in [-0.2, -0.15) is 0 Å². The molecule has 1 aliphatic rings. The lowest BCUT2D eigenvalue weighted by Gasteiger charge is -2.13. The molecule has 21 heavy (non-hydrogen) atoms. The lowest BCUT2D eigenvalue weighted by molar-refractivity contribution is 0.0386. The second-order valence-electron chi connectivity index (χ2n) is 4.83. The minimum atomic E-state index is -0.386. The van der Waals surface area contributed by atoms with Gasteiger partial charge in [-0.05, 0) is 17.7 Å². The van der Waals surface area contributed by atoms with Crippen molar-refractivity contribution in [3.05, 3.63) is 70.8 Å². The largest absolute Gasteiger partial charge is 0.465 e. The third kappa shape index (κ3) is 2.40. The summed E-state index contributed by atoms with van der Waals surface area (Å²) in [5.41, 5.74) is 2.76. The van der Waals surface area contributed by atoms with Crippen molar-refractivity contribution >= 4 is 11.9 Å². The van der Waals surface area contributed by atoms with Crippen molar-refractivity contribution < 1.29 is 19.1 Å². The van der Waals surface area contributed by atoms with Crippen LogP contribution in [0.1, 0.15) is 37.9 Å². The summed E-state index contributed by atoms with van der Waals surface area (Å²) in [6.07, 6.45) is 0.0908. The summed E-state index contributed by atoms with van der Waals surface area (Å²) in [4.78, 5) is 23.6. The second kappa shape index (κ2) is 5.40. The number of esters is 2. The molecule has 0 spiro atoms. The molecule has 0 bridgehead atoms. The van der Waals surface area contributed by atoms with Crippen molar-refractivity contribution in [3.8, 4) is 0 Å². The first-order chi connectivity index (χ1) is 10.2. The van der Waals surface area contributed by atoms with Crippen LogP contribution in [0.2, 0.25) is 0 Å². The number of methoxy groups -OCH3 is 1. The number of hydrogen-bond acceptors (Lipinski definition) is 4. The van der Waals surface area contributed by atoms with Gasteiger partial charge in [0.2, 0.25) is 0 Å². The Morgan fingerprint density at radius 2 is 1.86 bits per heavy atom. The molecule has 0 aliphatic carbocycles. The maximum absolute atomic E-state index is 11.8. The standard InChI is InChI=1S/C17H14O4/c1-20-16(18)12-7-3-2-6-11(12)10-15-13-8-4-5-9-14(13)17(19)21-15/h2-9,15H,10H2,1H3. The van der Waals surface area contributed by atoms with Crippen LogP contribution >= 0.6 is 0 Å². The topological polar surface area (TPSA) is 52.6 Å². The Balaban J connectivity index is 1.93. The highest BCUT2D eigenvalue weighted by Crippen LogP contribution is 2.33. The van der Waals surface area contributed by atoms with Crippen molar-refractivity contribution in [1.29, 1.82) is 0 Å². The number of hydrogen-bond donors (Lipinski definition) is 0. The first-order valence-corrected chi connectivity index (χ1v) is 6.67. The first-order valence-electron chi connectivity index (χ1n) is 6.67. The van der Waals surface area contributed by atoms with E-state index in [9.17, 15) is 9.59 Å². The summed E-state index contributed by atoms with van der Waals surface area (Å²) in [5.74, 6) is -0.700. The molecule has 0 fully saturated rings. The Bertz CT molecular complexity index is 705. The fourth-order valence-corrected chi connectivity index (χ4v) is 2.58. The molecule has 106 valence electrons. The van der Waals surface area contributed by atoms with Gasteiger partial charge < -0.3 is 9.47 Å². The van der Waals surface area contributed by atoms with Crippen LogP contribution in [0.3, 0.4) is 0 Å². The SMILES string of the molecule is COC(=O)c1ccccc1CC1OC(=O)c2ccccc21. The van der Waals surface area contributed by atoms with E-state index < -0.39 is 0 Å². The van der Waals surface area contributed by atoms with Gasteiger partial charge in [-0.3, -0.25) is 0 Å². The highest BCUT2D eigenvalue weighted by atomic mass is 16.5. The van der Waals surface area contributed by atoms with Crippen LogP contribution in [0.25, 0.3) is 0 Å². The lowest BCUT2D eigenvalue weighted by atomic mass is 9.96. The Morgan fingerprint density at radius 1 is 1.14 bits per heavy atom. The molecule has 2 aromatic rings. The van der Waals surface area contributed by atoms with Crippen LogP contribution in [-0.2, 0) is 15.9 Å². The molecule has 3 rings (SSSR count). The average Bonchev–Trinajstić information content (AvgIpc) is 2.84. The molecule has 0 aromatic heterocycles. The molecule has 0 radical (unpaired) electrons. The number of benzene rings is 2. The first kappa shape index (κ1) is 13.4. The van der Waals surface area contributed by atoms with Gasteiger partial charge in [0.05, 0.1) is 18.2 Å². The van der Waals surface area contributed by atoms with Crippen molar-refractivity contribution in [2.45, 2.75) is 12.5 Å². The number of carbonyl (C=O) groups excluding carboxylic acids is 2. The molecule has 0 N–H and O–H groups in total. The molecule has 2 aromatic carbocycles.